The van der Waals surface area contributed by atoms with Crippen molar-refractivity contribution in [1.82, 2.24) is 35.5 Å². The molecule has 0 spiro atoms. The van der Waals surface area contributed by atoms with Gasteiger partial charge >= 0.3 is 0 Å². The highest BCUT2D eigenvalue weighted by molar-refractivity contribution is 5.96. The molecular weight excluding hydrogens is 421 g/mol. The molecule has 2 aromatic carbocycles. The molecule has 0 aliphatic heterocycles. The van der Waals surface area contributed by atoms with Gasteiger partial charge in [0.25, 0.3) is 5.91 Å². The van der Waals surface area contributed by atoms with Crippen molar-refractivity contribution in [2.45, 2.75) is 39.7 Å². The predicted octanol–water partition coefficient (Wildman–Crippen LogP) is 4.01. The van der Waals surface area contributed by atoms with Crippen LogP contribution < -0.4 is 5.32 Å². The van der Waals surface area contributed by atoms with Gasteiger partial charge in [0.05, 0.1) is 23.6 Å². The molecule has 0 aliphatic rings. The van der Waals surface area contributed by atoms with Crippen molar-refractivity contribution in [3.63, 3.8) is 0 Å². The number of aromatic nitrogens is 6. The summed E-state index contributed by atoms with van der Waals surface area (Å²) in [7, 11) is 0. The number of hydrogen-bond acceptors (Lipinski definition) is 6. The smallest absolute Gasteiger partial charge is 0.251 e. The molecule has 1 unspecified atom stereocenters. The molecule has 33 heavy (non-hydrogen) atoms. The minimum Gasteiger partial charge on any atom is -0.344 e. The molecular formula is C24H24FN7O. The van der Waals surface area contributed by atoms with Crippen molar-refractivity contribution >= 4 is 5.91 Å². The summed E-state index contributed by atoms with van der Waals surface area (Å²) in [5.74, 6) is -0.0239. The van der Waals surface area contributed by atoms with Gasteiger partial charge in [0.2, 0.25) is 0 Å². The van der Waals surface area contributed by atoms with Crippen molar-refractivity contribution in [3.8, 4) is 16.8 Å². The molecule has 0 fully saturated rings. The van der Waals surface area contributed by atoms with E-state index in [1.165, 1.54) is 6.07 Å². The number of rotatable bonds is 7. The molecule has 0 radical (unpaired) electrons. The molecule has 9 heteroatoms. The lowest BCUT2D eigenvalue weighted by molar-refractivity contribution is 0.0939. The summed E-state index contributed by atoms with van der Waals surface area (Å²) in [4.78, 5) is 21.5. The third-order valence-corrected chi connectivity index (χ3v) is 5.24. The first kappa shape index (κ1) is 22.2. The van der Waals surface area contributed by atoms with Gasteiger partial charge in [-0.2, -0.15) is 4.68 Å². The highest BCUT2D eigenvalue weighted by Gasteiger charge is 2.18. The average molecular weight is 446 g/mol. The number of aryl methyl sites for hydroxylation is 2. The standard InChI is InChI=1S/C24H24FN7O/c1-4-5-23-29-30-31-32(23)19-12-17(20-7-6-15(2)10-21(20)25)11-18(13-19)24(33)28-16(3)22-14-26-8-9-27-22/h6-14,16H,4-5H2,1-3H3,(H,28,33). The molecule has 168 valence electrons. The zero-order chi connectivity index (χ0) is 23.4. The highest BCUT2D eigenvalue weighted by atomic mass is 19.1. The lowest BCUT2D eigenvalue weighted by Crippen LogP contribution is -2.27. The number of benzene rings is 2. The number of hydrogen-bond donors (Lipinski definition) is 1. The van der Waals surface area contributed by atoms with Gasteiger partial charge in [-0.15, -0.1) is 5.10 Å². The maximum Gasteiger partial charge on any atom is 0.251 e. The van der Waals surface area contributed by atoms with Gasteiger partial charge in [0, 0.05) is 29.9 Å². The Kier molecular flexibility index (Phi) is 6.48. The van der Waals surface area contributed by atoms with E-state index in [2.05, 4.69) is 30.8 Å². The van der Waals surface area contributed by atoms with E-state index in [-0.39, 0.29) is 17.8 Å². The fourth-order valence-corrected chi connectivity index (χ4v) is 3.55. The number of halogens is 1. The van der Waals surface area contributed by atoms with E-state index in [4.69, 9.17) is 0 Å². The molecule has 2 aromatic heterocycles. The number of carbonyl (C=O) groups excluding carboxylic acids is 1. The van der Waals surface area contributed by atoms with Crippen LogP contribution in [0.5, 0.6) is 0 Å². The monoisotopic (exact) mass is 445 g/mol. The molecule has 4 rings (SSSR count). The normalized spacial score (nSPS) is 11.9. The molecule has 1 amide bonds. The summed E-state index contributed by atoms with van der Waals surface area (Å²) < 4.78 is 16.4. The van der Waals surface area contributed by atoms with Crippen LogP contribution in [0.1, 0.15) is 53.7 Å². The molecule has 8 nitrogen and oxygen atoms in total. The Hall–Kier alpha value is -4.01. The van der Waals surface area contributed by atoms with Gasteiger partial charge in [-0.3, -0.25) is 14.8 Å². The Bertz CT molecular complexity index is 1270. The zero-order valence-corrected chi connectivity index (χ0v) is 18.7. The fraction of sp³-hybridized carbons (Fsp3) is 0.250. The number of tetrazole rings is 1. The van der Waals surface area contributed by atoms with Crippen molar-refractivity contribution in [1.29, 1.82) is 0 Å². The van der Waals surface area contributed by atoms with Gasteiger partial charge in [-0.25, -0.2) is 4.39 Å². The Morgan fingerprint density at radius 3 is 2.76 bits per heavy atom. The third kappa shape index (κ3) is 4.92. The van der Waals surface area contributed by atoms with E-state index in [0.717, 1.165) is 12.0 Å². The predicted molar refractivity (Wildman–Crippen MR) is 121 cm³/mol. The highest BCUT2D eigenvalue weighted by Crippen LogP contribution is 2.28. The Morgan fingerprint density at radius 1 is 1.18 bits per heavy atom. The van der Waals surface area contributed by atoms with E-state index in [1.807, 2.05) is 26.8 Å². The molecule has 0 saturated heterocycles. The van der Waals surface area contributed by atoms with Gasteiger partial charge in [-0.05, 0) is 66.1 Å². The second kappa shape index (κ2) is 9.64. The maximum atomic E-state index is 14.8. The molecule has 1 atom stereocenters. The minimum atomic E-state index is -0.364. The summed E-state index contributed by atoms with van der Waals surface area (Å²) in [6.07, 6.45) is 6.28. The topological polar surface area (TPSA) is 98.5 Å². The van der Waals surface area contributed by atoms with Crippen LogP contribution >= 0.6 is 0 Å². The van der Waals surface area contributed by atoms with Crippen molar-refractivity contribution in [3.05, 3.63) is 83.5 Å². The Morgan fingerprint density at radius 2 is 2.03 bits per heavy atom. The van der Waals surface area contributed by atoms with Gasteiger partial charge < -0.3 is 5.32 Å². The number of carbonyl (C=O) groups is 1. The third-order valence-electron chi connectivity index (χ3n) is 5.24. The zero-order valence-electron chi connectivity index (χ0n) is 18.7. The van der Waals surface area contributed by atoms with Gasteiger partial charge in [0.15, 0.2) is 5.82 Å². The van der Waals surface area contributed by atoms with E-state index < -0.39 is 0 Å². The van der Waals surface area contributed by atoms with Crippen LogP contribution in [0.3, 0.4) is 0 Å². The van der Waals surface area contributed by atoms with E-state index in [0.29, 0.717) is 40.3 Å². The fourth-order valence-electron chi connectivity index (χ4n) is 3.55. The van der Waals surface area contributed by atoms with Crippen molar-refractivity contribution in [2.24, 2.45) is 0 Å². The van der Waals surface area contributed by atoms with Crippen LogP contribution in [0.25, 0.3) is 16.8 Å². The Labute approximate surface area is 190 Å². The molecule has 0 saturated carbocycles. The lowest BCUT2D eigenvalue weighted by atomic mass is 9.99. The molecule has 0 aliphatic carbocycles. The van der Waals surface area contributed by atoms with Gasteiger partial charge in [0.1, 0.15) is 5.82 Å². The number of amides is 1. The maximum absolute atomic E-state index is 14.8. The molecule has 1 N–H and O–H groups in total. The second-order valence-electron chi connectivity index (χ2n) is 7.83. The van der Waals surface area contributed by atoms with Crippen LogP contribution in [-0.2, 0) is 6.42 Å². The first-order chi connectivity index (χ1) is 16.0. The van der Waals surface area contributed by atoms with Crippen LogP contribution in [0, 0.1) is 12.7 Å². The van der Waals surface area contributed by atoms with Crippen LogP contribution in [-0.4, -0.2) is 36.1 Å². The van der Waals surface area contributed by atoms with Crippen molar-refractivity contribution in [2.75, 3.05) is 0 Å². The molecule has 2 heterocycles. The van der Waals surface area contributed by atoms with E-state index >= 15 is 0 Å². The minimum absolute atomic E-state index is 0.325. The summed E-state index contributed by atoms with van der Waals surface area (Å²) >= 11 is 0. The summed E-state index contributed by atoms with van der Waals surface area (Å²) in [5, 5.41) is 14.9. The summed E-state index contributed by atoms with van der Waals surface area (Å²) in [5.41, 5.74) is 3.34. The summed E-state index contributed by atoms with van der Waals surface area (Å²) in [6, 6.07) is 9.80. The van der Waals surface area contributed by atoms with Crippen molar-refractivity contribution < 1.29 is 9.18 Å². The Balaban J connectivity index is 1.77. The van der Waals surface area contributed by atoms with Crippen LogP contribution in [0.15, 0.2) is 55.0 Å². The first-order valence-electron chi connectivity index (χ1n) is 10.7. The molecule has 0 bridgehead atoms. The SMILES string of the molecule is CCCc1nnnn1-c1cc(C(=O)NC(C)c2cnccn2)cc(-c2ccc(C)cc2F)c1. The number of nitrogens with one attached hydrogen (secondary N) is 1. The largest absolute Gasteiger partial charge is 0.344 e. The lowest BCUT2D eigenvalue weighted by Gasteiger charge is -2.15. The summed E-state index contributed by atoms with van der Waals surface area (Å²) in [6.45, 7) is 5.69. The van der Waals surface area contributed by atoms with Crippen LogP contribution in [0.2, 0.25) is 0 Å². The van der Waals surface area contributed by atoms with E-state index in [1.54, 1.807) is 47.5 Å². The van der Waals surface area contributed by atoms with E-state index in [9.17, 15) is 9.18 Å². The first-order valence-corrected chi connectivity index (χ1v) is 10.7. The van der Waals surface area contributed by atoms with Crippen LogP contribution in [0.4, 0.5) is 4.39 Å². The average Bonchev–Trinajstić information content (AvgIpc) is 3.28. The second-order valence-corrected chi connectivity index (χ2v) is 7.83. The quantitative estimate of drug-likeness (QED) is 0.462. The molecule has 4 aromatic rings. The van der Waals surface area contributed by atoms with Gasteiger partial charge in [-0.1, -0.05) is 19.1 Å². The number of nitrogens with zero attached hydrogens (tertiary/aromatic N) is 6.